The van der Waals surface area contributed by atoms with Crippen LogP contribution in [0.25, 0.3) is 0 Å². The molecule has 0 aliphatic rings. The predicted octanol–water partition coefficient (Wildman–Crippen LogP) is 2.01. The molecule has 3 nitrogen and oxygen atoms in total. The smallest absolute Gasteiger partial charge is 0.326 e. The van der Waals surface area contributed by atoms with Crippen molar-refractivity contribution in [2.45, 2.75) is 18.9 Å². The summed E-state index contributed by atoms with van der Waals surface area (Å²) in [5, 5.41) is 0. The molecule has 0 saturated heterocycles. The number of alkyl halides is 4. The van der Waals surface area contributed by atoms with Gasteiger partial charge in [0.25, 0.3) is 0 Å². The van der Waals surface area contributed by atoms with Crippen molar-refractivity contribution in [3.05, 3.63) is 29.8 Å². The van der Waals surface area contributed by atoms with Crippen LogP contribution in [0.3, 0.4) is 0 Å². The number of hydrogen-bond donors (Lipinski definition) is 1. The number of amides is 1. The normalized spacial score (nSPS) is 11.7. The highest BCUT2D eigenvalue weighted by atomic mass is 19.3. The summed E-state index contributed by atoms with van der Waals surface area (Å²) in [6.45, 7) is 0.00798. The number of carbonyl (C=O) groups excluding carboxylic acids is 1. The average molecular weight is 264 g/mol. The SMILES string of the molecule is CN(C(=O)C(F)(F)C(F)F)c1ccccc1CN. The summed E-state index contributed by atoms with van der Waals surface area (Å²) >= 11 is 0. The zero-order valence-electron chi connectivity index (χ0n) is 9.54. The van der Waals surface area contributed by atoms with Crippen LogP contribution >= 0.6 is 0 Å². The van der Waals surface area contributed by atoms with Crippen LogP contribution in [0.4, 0.5) is 23.2 Å². The van der Waals surface area contributed by atoms with Crippen LogP contribution in [0.2, 0.25) is 0 Å². The number of carbonyl (C=O) groups is 1. The number of nitrogens with zero attached hydrogens (tertiary/aromatic N) is 1. The molecule has 1 aromatic carbocycles. The van der Waals surface area contributed by atoms with Crippen molar-refractivity contribution >= 4 is 11.6 Å². The number of nitrogens with two attached hydrogens (primary N) is 1. The fourth-order valence-electron chi connectivity index (χ4n) is 1.44. The lowest BCUT2D eigenvalue weighted by Gasteiger charge is -2.24. The Kier molecular flexibility index (Phi) is 4.28. The van der Waals surface area contributed by atoms with E-state index in [1.807, 2.05) is 0 Å². The van der Waals surface area contributed by atoms with Crippen molar-refractivity contribution in [1.29, 1.82) is 0 Å². The van der Waals surface area contributed by atoms with Gasteiger partial charge in [-0.2, -0.15) is 8.78 Å². The first kappa shape index (κ1) is 14.4. The lowest BCUT2D eigenvalue weighted by atomic mass is 10.1. The fraction of sp³-hybridized carbons (Fsp3) is 0.364. The standard InChI is InChI=1S/C11H12F4N2O/c1-17(10(18)11(14,15)9(12)13)8-5-3-2-4-7(8)6-16/h2-5,9H,6,16H2,1H3. The van der Waals surface area contributed by atoms with Crippen LogP contribution in [0.1, 0.15) is 5.56 Å². The molecule has 0 unspecified atom stereocenters. The van der Waals surface area contributed by atoms with Crippen molar-refractivity contribution in [2.24, 2.45) is 5.73 Å². The Balaban J connectivity index is 3.07. The van der Waals surface area contributed by atoms with E-state index < -0.39 is 18.3 Å². The average Bonchev–Trinajstić information content (AvgIpc) is 2.36. The maximum absolute atomic E-state index is 12.9. The first-order valence-corrected chi connectivity index (χ1v) is 5.04. The van der Waals surface area contributed by atoms with Crippen molar-refractivity contribution < 1.29 is 22.4 Å². The van der Waals surface area contributed by atoms with Crippen LogP contribution in [-0.4, -0.2) is 25.3 Å². The Morgan fingerprint density at radius 2 is 1.94 bits per heavy atom. The van der Waals surface area contributed by atoms with E-state index in [9.17, 15) is 22.4 Å². The molecule has 0 spiro atoms. The topological polar surface area (TPSA) is 46.3 Å². The maximum atomic E-state index is 12.9. The molecule has 0 aliphatic heterocycles. The Morgan fingerprint density at radius 1 is 1.39 bits per heavy atom. The summed E-state index contributed by atoms with van der Waals surface area (Å²) < 4.78 is 50.1. The van der Waals surface area contributed by atoms with Crippen LogP contribution in [-0.2, 0) is 11.3 Å². The Bertz CT molecular complexity index is 437. The number of para-hydroxylation sites is 1. The molecule has 0 fully saturated rings. The first-order valence-electron chi connectivity index (χ1n) is 5.04. The largest absolute Gasteiger partial charge is 0.384 e. The number of rotatable bonds is 4. The van der Waals surface area contributed by atoms with E-state index in [2.05, 4.69) is 0 Å². The van der Waals surface area contributed by atoms with Gasteiger partial charge in [0.2, 0.25) is 0 Å². The molecule has 0 saturated carbocycles. The molecule has 0 aliphatic carbocycles. The second kappa shape index (κ2) is 5.34. The Morgan fingerprint density at radius 3 is 2.44 bits per heavy atom. The van der Waals surface area contributed by atoms with Crippen molar-refractivity contribution in [3.8, 4) is 0 Å². The van der Waals surface area contributed by atoms with Gasteiger partial charge in [0, 0.05) is 19.3 Å². The van der Waals surface area contributed by atoms with Crippen molar-refractivity contribution in [2.75, 3.05) is 11.9 Å². The highest BCUT2D eigenvalue weighted by molar-refractivity contribution is 5.98. The number of halogens is 4. The van der Waals surface area contributed by atoms with Crippen LogP contribution in [0.5, 0.6) is 0 Å². The van der Waals surface area contributed by atoms with Gasteiger partial charge in [-0.3, -0.25) is 4.79 Å². The van der Waals surface area contributed by atoms with Crippen molar-refractivity contribution in [1.82, 2.24) is 0 Å². The summed E-state index contributed by atoms with van der Waals surface area (Å²) in [6, 6.07) is 6.00. The van der Waals surface area contributed by atoms with Gasteiger partial charge >= 0.3 is 18.3 Å². The van der Waals surface area contributed by atoms with Crippen molar-refractivity contribution in [3.63, 3.8) is 0 Å². The number of anilines is 1. The predicted molar refractivity (Wildman–Crippen MR) is 58.7 cm³/mol. The molecule has 1 aromatic rings. The van der Waals surface area contributed by atoms with E-state index in [0.717, 1.165) is 7.05 Å². The molecular formula is C11H12F4N2O. The molecule has 100 valence electrons. The lowest BCUT2D eigenvalue weighted by molar-refractivity contribution is -0.166. The number of benzene rings is 1. The zero-order valence-corrected chi connectivity index (χ0v) is 9.54. The Labute approximate surface area is 101 Å². The second-order valence-electron chi connectivity index (χ2n) is 3.62. The van der Waals surface area contributed by atoms with Gasteiger partial charge in [0.15, 0.2) is 0 Å². The van der Waals surface area contributed by atoms with Crippen LogP contribution in [0, 0.1) is 0 Å². The third kappa shape index (κ3) is 2.61. The molecule has 0 bridgehead atoms. The van der Waals surface area contributed by atoms with E-state index in [1.165, 1.54) is 18.2 Å². The zero-order chi connectivity index (χ0) is 13.9. The summed E-state index contributed by atoms with van der Waals surface area (Å²) in [5.41, 5.74) is 5.89. The second-order valence-corrected chi connectivity index (χ2v) is 3.62. The minimum atomic E-state index is -4.71. The molecule has 0 aromatic heterocycles. The molecule has 1 amide bonds. The number of hydrogen-bond acceptors (Lipinski definition) is 2. The summed E-state index contributed by atoms with van der Waals surface area (Å²) in [5.74, 6) is -6.67. The van der Waals surface area contributed by atoms with Gasteiger partial charge in [-0.05, 0) is 11.6 Å². The van der Waals surface area contributed by atoms with E-state index in [1.54, 1.807) is 6.07 Å². The highest BCUT2D eigenvalue weighted by Crippen LogP contribution is 2.28. The minimum absolute atomic E-state index is 0.00798. The molecule has 0 radical (unpaired) electrons. The van der Waals surface area contributed by atoms with Gasteiger partial charge in [-0.25, -0.2) is 8.78 Å². The molecule has 7 heteroatoms. The molecule has 18 heavy (non-hydrogen) atoms. The minimum Gasteiger partial charge on any atom is -0.326 e. The van der Waals surface area contributed by atoms with Gasteiger partial charge in [-0.1, -0.05) is 18.2 Å². The molecule has 2 N–H and O–H groups in total. The summed E-state index contributed by atoms with van der Waals surface area (Å²) in [6.07, 6.45) is -4.04. The first-order chi connectivity index (χ1) is 8.32. The van der Waals surface area contributed by atoms with Crippen LogP contribution < -0.4 is 10.6 Å². The van der Waals surface area contributed by atoms with E-state index >= 15 is 0 Å². The van der Waals surface area contributed by atoms with Gasteiger partial charge < -0.3 is 10.6 Å². The summed E-state index contributed by atoms with van der Waals surface area (Å²) in [4.78, 5) is 11.8. The molecule has 0 atom stereocenters. The molecule has 0 heterocycles. The third-order valence-corrected chi connectivity index (χ3v) is 2.44. The molecular weight excluding hydrogens is 252 g/mol. The van der Waals surface area contributed by atoms with E-state index in [4.69, 9.17) is 5.73 Å². The quantitative estimate of drug-likeness (QED) is 0.845. The van der Waals surface area contributed by atoms with E-state index in [-0.39, 0.29) is 12.2 Å². The maximum Gasteiger partial charge on any atom is 0.384 e. The van der Waals surface area contributed by atoms with Crippen LogP contribution in [0.15, 0.2) is 24.3 Å². The van der Waals surface area contributed by atoms with E-state index in [0.29, 0.717) is 10.5 Å². The monoisotopic (exact) mass is 264 g/mol. The van der Waals surface area contributed by atoms with Gasteiger partial charge in [-0.15, -0.1) is 0 Å². The van der Waals surface area contributed by atoms with Gasteiger partial charge in [0.05, 0.1) is 0 Å². The highest BCUT2D eigenvalue weighted by Gasteiger charge is 2.50. The third-order valence-electron chi connectivity index (χ3n) is 2.44. The Hall–Kier alpha value is -1.63. The summed E-state index contributed by atoms with van der Waals surface area (Å²) in [7, 11) is 1.01. The molecule has 1 rings (SSSR count). The fourth-order valence-corrected chi connectivity index (χ4v) is 1.44. The lowest BCUT2D eigenvalue weighted by Crippen LogP contribution is -2.46. The van der Waals surface area contributed by atoms with Gasteiger partial charge in [0.1, 0.15) is 0 Å².